The Labute approximate surface area is 188 Å². The Balaban J connectivity index is 1.52. The fourth-order valence-electron chi connectivity index (χ4n) is 3.28. The van der Waals surface area contributed by atoms with E-state index in [1.807, 2.05) is 38.1 Å². The van der Waals surface area contributed by atoms with Gasteiger partial charge in [-0.15, -0.1) is 0 Å². The zero-order valence-corrected chi connectivity index (χ0v) is 18.6. The van der Waals surface area contributed by atoms with Gasteiger partial charge < -0.3 is 18.6 Å². The van der Waals surface area contributed by atoms with Crippen LogP contribution in [-0.4, -0.2) is 24.3 Å². The molecule has 160 valence electrons. The summed E-state index contributed by atoms with van der Waals surface area (Å²) in [4.78, 5) is 25.3. The monoisotopic (exact) mass is 484 g/mol. The van der Waals surface area contributed by atoms with E-state index in [9.17, 15) is 9.59 Å². The molecular weight excluding hydrogens is 464 g/mol. The fraction of sp³-hybridized carbons (Fsp3) is 0.250. The van der Waals surface area contributed by atoms with E-state index in [0.29, 0.717) is 28.0 Å². The van der Waals surface area contributed by atoms with Crippen LogP contribution in [0.15, 0.2) is 69.8 Å². The topological polar surface area (TPSA) is 75.0 Å². The van der Waals surface area contributed by atoms with Crippen LogP contribution in [0.4, 0.5) is 0 Å². The smallest absolute Gasteiger partial charge is 0.340 e. The van der Waals surface area contributed by atoms with E-state index in [0.717, 1.165) is 11.1 Å². The summed E-state index contributed by atoms with van der Waals surface area (Å²) >= 11 is 3.27. The zero-order chi connectivity index (χ0) is 22.0. The van der Waals surface area contributed by atoms with Crippen molar-refractivity contribution in [1.82, 2.24) is 0 Å². The average Bonchev–Trinajstić information content (AvgIpc) is 3.35. The lowest BCUT2D eigenvalue weighted by Gasteiger charge is -2.19. The molecule has 4 rings (SSSR count). The predicted molar refractivity (Wildman–Crippen MR) is 116 cm³/mol. The first-order chi connectivity index (χ1) is 14.9. The molecule has 2 heterocycles. The Morgan fingerprint density at radius 1 is 0.839 bits per heavy atom. The van der Waals surface area contributed by atoms with Crippen molar-refractivity contribution in [3.8, 4) is 0 Å². The minimum Gasteiger partial charge on any atom is -0.452 e. The van der Waals surface area contributed by atoms with Gasteiger partial charge in [-0.2, -0.15) is 0 Å². The number of hydrogen-bond donors (Lipinski definition) is 0. The molecule has 0 N–H and O–H groups in total. The van der Waals surface area contributed by atoms with Gasteiger partial charge in [-0.05, 0) is 66.2 Å². The van der Waals surface area contributed by atoms with Crippen LogP contribution in [-0.2, 0) is 14.2 Å². The highest BCUT2D eigenvalue weighted by atomic mass is 79.9. The van der Waals surface area contributed by atoms with Crippen LogP contribution < -0.4 is 0 Å². The Hall–Kier alpha value is -2.90. The van der Waals surface area contributed by atoms with Gasteiger partial charge in [-0.1, -0.05) is 35.4 Å². The number of carbonyl (C=O) groups is 2. The molecule has 0 spiro atoms. The molecule has 3 aromatic rings. The number of esters is 2. The maximum Gasteiger partial charge on any atom is 0.340 e. The van der Waals surface area contributed by atoms with Crippen molar-refractivity contribution in [1.29, 1.82) is 0 Å². The third-order valence-corrected chi connectivity index (χ3v) is 5.44. The second-order valence-corrected chi connectivity index (χ2v) is 8.23. The summed E-state index contributed by atoms with van der Waals surface area (Å²) < 4.78 is 23.3. The molecule has 0 bridgehead atoms. The van der Waals surface area contributed by atoms with Crippen LogP contribution in [0.1, 0.15) is 50.1 Å². The van der Waals surface area contributed by atoms with Gasteiger partial charge in [-0.25, -0.2) is 9.59 Å². The molecule has 0 radical (unpaired) electrons. The number of benzene rings is 2. The van der Waals surface area contributed by atoms with Gasteiger partial charge in [0.05, 0.1) is 11.1 Å². The molecule has 2 aromatic carbocycles. The molecular formula is C24H21BrO6. The van der Waals surface area contributed by atoms with Crippen molar-refractivity contribution in [2.75, 3.05) is 0 Å². The lowest BCUT2D eigenvalue weighted by Crippen LogP contribution is -2.31. The first-order valence-corrected chi connectivity index (χ1v) is 10.6. The van der Waals surface area contributed by atoms with E-state index >= 15 is 0 Å². The van der Waals surface area contributed by atoms with Gasteiger partial charge in [0.1, 0.15) is 11.9 Å². The number of ether oxygens (including phenoxy) is 3. The number of rotatable bonds is 5. The third-order valence-electron chi connectivity index (χ3n) is 5.02. The van der Waals surface area contributed by atoms with Gasteiger partial charge in [0, 0.05) is 6.42 Å². The van der Waals surface area contributed by atoms with Crippen molar-refractivity contribution in [3.05, 3.63) is 93.3 Å². The summed E-state index contributed by atoms with van der Waals surface area (Å²) in [5.74, 6) is -0.508. The largest absolute Gasteiger partial charge is 0.452 e. The Morgan fingerprint density at radius 3 is 1.90 bits per heavy atom. The molecule has 7 heteroatoms. The van der Waals surface area contributed by atoms with Crippen molar-refractivity contribution >= 4 is 27.9 Å². The molecule has 1 aromatic heterocycles. The summed E-state index contributed by atoms with van der Waals surface area (Å²) in [6, 6.07) is 17.6. The van der Waals surface area contributed by atoms with Gasteiger partial charge in [-0.3, -0.25) is 0 Å². The Kier molecular flexibility index (Phi) is 6.25. The third kappa shape index (κ3) is 5.06. The van der Waals surface area contributed by atoms with Gasteiger partial charge in [0.2, 0.25) is 6.29 Å². The molecule has 0 saturated carbocycles. The maximum atomic E-state index is 12.6. The number of aryl methyl sites for hydroxylation is 2. The maximum absolute atomic E-state index is 12.6. The van der Waals surface area contributed by atoms with Crippen LogP contribution in [0.25, 0.3) is 0 Å². The van der Waals surface area contributed by atoms with Crippen LogP contribution in [0, 0.1) is 13.8 Å². The lowest BCUT2D eigenvalue weighted by atomic mass is 10.1. The number of carbonyl (C=O) groups excluding carboxylic acids is 2. The molecule has 31 heavy (non-hydrogen) atoms. The molecule has 1 saturated heterocycles. The minimum absolute atomic E-state index is 0.295. The summed E-state index contributed by atoms with van der Waals surface area (Å²) in [7, 11) is 0. The van der Waals surface area contributed by atoms with E-state index in [1.54, 1.807) is 36.4 Å². The molecule has 3 atom stereocenters. The first-order valence-electron chi connectivity index (χ1n) is 9.85. The summed E-state index contributed by atoms with van der Waals surface area (Å²) in [6.07, 6.45) is -2.06. The van der Waals surface area contributed by atoms with E-state index in [2.05, 4.69) is 15.9 Å². The Bertz CT molecular complexity index is 1000. The van der Waals surface area contributed by atoms with Crippen molar-refractivity contribution in [3.63, 3.8) is 0 Å². The molecule has 0 unspecified atom stereocenters. The standard InChI is InChI=1S/C24H21BrO6/c1-14-3-7-16(8-4-14)22(26)29-20-13-19(18-11-12-21(25)28-18)30-24(20)31-23(27)17-9-5-15(2)6-10-17/h3-12,19-20,24H,13H2,1-2H3/t19-,20+,24-/m1/s1. The number of halogens is 1. The van der Waals surface area contributed by atoms with Crippen LogP contribution in [0.3, 0.4) is 0 Å². The second-order valence-electron chi connectivity index (χ2n) is 7.45. The van der Waals surface area contributed by atoms with Crippen LogP contribution in [0.2, 0.25) is 0 Å². The summed E-state index contributed by atoms with van der Waals surface area (Å²) in [5, 5.41) is 0. The van der Waals surface area contributed by atoms with E-state index in [4.69, 9.17) is 18.6 Å². The van der Waals surface area contributed by atoms with Gasteiger partial charge in [0.15, 0.2) is 10.8 Å². The van der Waals surface area contributed by atoms with Crippen LogP contribution in [0.5, 0.6) is 0 Å². The number of hydrogen-bond acceptors (Lipinski definition) is 6. The molecule has 0 aliphatic carbocycles. The second kappa shape index (κ2) is 9.08. The SMILES string of the molecule is Cc1ccc(C(=O)O[C@H]2O[C@@H](c3ccc(Br)o3)C[C@@H]2OC(=O)c2ccc(C)cc2)cc1. The van der Waals surface area contributed by atoms with E-state index in [1.165, 1.54) is 0 Å². The lowest BCUT2D eigenvalue weighted by molar-refractivity contribution is -0.139. The van der Waals surface area contributed by atoms with E-state index in [-0.39, 0.29) is 0 Å². The van der Waals surface area contributed by atoms with E-state index < -0.39 is 30.4 Å². The van der Waals surface area contributed by atoms with Crippen molar-refractivity contribution in [2.45, 2.75) is 38.8 Å². The molecule has 1 aliphatic rings. The molecule has 6 nitrogen and oxygen atoms in total. The molecule has 1 fully saturated rings. The summed E-state index contributed by atoms with van der Waals surface area (Å²) in [6.45, 7) is 3.87. The highest BCUT2D eigenvalue weighted by molar-refractivity contribution is 9.10. The minimum atomic E-state index is -1.06. The first kappa shape index (κ1) is 21.3. The Morgan fingerprint density at radius 2 is 1.39 bits per heavy atom. The average molecular weight is 485 g/mol. The molecule has 0 amide bonds. The zero-order valence-electron chi connectivity index (χ0n) is 17.0. The normalized spacial score (nSPS) is 20.4. The van der Waals surface area contributed by atoms with Crippen LogP contribution >= 0.6 is 15.9 Å². The van der Waals surface area contributed by atoms with Gasteiger partial charge in [0.25, 0.3) is 0 Å². The quantitative estimate of drug-likeness (QED) is 0.443. The predicted octanol–water partition coefficient (Wildman–Crippen LogP) is 5.53. The highest BCUT2D eigenvalue weighted by Gasteiger charge is 2.43. The van der Waals surface area contributed by atoms with Gasteiger partial charge >= 0.3 is 11.9 Å². The molecule has 1 aliphatic heterocycles. The van der Waals surface area contributed by atoms with Crippen molar-refractivity contribution < 1.29 is 28.2 Å². The number of furan rings is 1. The fourth-order valence-corrected chi connectivity index (χ4v) is 3.60. The highest BCUT2D eigenvalue weighted by Crippen LogP contribution is 2.37. The van der Waals surface area contributed by atoms with Crippen molar-refractivity contribution in [2.24, 2.45) is 0 Å². The summed E-state index contributed by atoms with van der Waals surface area (Å²) in [5.41, 5.74) is 2.87.